The number of carbonyl (C=O) groups excluding carboxylic acids is 1. The lowest BCUT2D eigenvalue weighted by molar-refractivity contribution is 0.0940. The Labute approximate surface area is 110 Å². The third kappa shape index (κ3) is 4.49. The number of nitrogens with two attached hydrogens (primary N) is 1. The first-order valence-corrected chi connectivity index (χ1v) is 7.60. The molecule has 2 atom stereocenters. The van der Waals surface area contributed by atoms with Crippen LogP contribution in [-0.2, 0) is 10.8 Å². The second-order valence-corrected chi connectivity index (χ2v) is 6.09. The van der Waals surface area contributed by atoms with E-state index in [1.54, 1.807) is 18.4 Å². The molecule has 0 aliphatic heterocycles. The summed E-state index contributed by atoms with van der Waals surface area (Å²) in [5, 5.41) is 2.87. The molecule has 0 aliphatic rings. The predicted molar refractivity (Wildman–Crippen MR) is 76.1 cm³/mol. The molecule has 0 saturated heterocycles. The molecule has 1 rings (SSSR count). The molecule has 0 aromatic heterocycles. The highest BCUT2D eigenvalue weighted by atomic mass is 32.2. The molecule has 4 nitrogen and oxygen atoms in total. The van der Waals surface area contributed by atoms with Crippen molar-refractivity contribution in [1.82, 2.24) is 5.32 Å². The fraction of sp³-hybridized carbons (Fsp3) is 0.462. The van der Waals surface area contributed by atoms with E-state index in [1.807, 2.05) is 19.9 Å². The van der Waals surface area contributed by atoms with Crippen LogP contribution >= 0.6 is 0 Å². The zero-order valence-electron chi connectivity index (χ0n) is 11.0. The zero-order valence-corrected chi connectivity index (χ0v) is 11.8. The van der Waals surface area contributed by atoms with Crippen LogP contribution in [0.1, 0.15) is 29.3 Å². The number of nitrogen functional groups attached to an aromatic ring is 1. The molecule has 1 aromatic carbocycles. The van der Waals surface area contributed by atoms with Crippen LogP contribution in [0.3, 0.4) is 0 Å². The van der Waals surface area contributed by atoms with Crippen LogP contribution in [0.2, 0.25) is 0 Å². The number of nitrogens with one attached hydrogen (secondary N) is 1. The van der Waals surface area contributed by atoms with Gasteiger partial charge in [0.1, 0.15) is 0 Å². The minimum atomic E-state index is -0.830. The molecular weight excluding hydrogens is 248 g/mol. The maximum Gasteiger partial charge on any atom is 0.253 e. The highest BCUT2D eigenvalue weighted by Gasteiger charge is 2.12. The van der Waals surface area contributed by atoms with Gasteiger partial charge in [0.25, 0.3) is 5.91 Å². The Morgan fingerprint density at radius 3 is 2.78 bits per heavy atom. The van der Waals surface area contributed by atoms with Crippen LogP contribution in [0, 0.1) is 6.92 Å². The summed E-state index contributed by atoms with van der Waals surface area (Å²) in [5.74, 6) is 0.413. The van der Waals surface area contributed by atoms with Crippen LogP contribution < -0.4 is 11.1 Å². The van der Waals surface area contributed by atoms with Gasteiger partial charge in [0.2, 0.25) is 0 Å². The number of hydrogen-bond acceptors (Lipinski definition) is 3. The standard InChI is InChI=1S/C13H20N2O2S/c1-9-4-5-12(14)11(8-9)13(16)15-10(2)6-7-18(3)17/h4-5,8,10H,6-7,14H2,1-3H3,(H,15,16). The molecule has 2 unspecified atom stereocenters. The molecule has 0 heterocycles. The SMILES string of the molecule is Cc1ccc(N)c(C(=O)NC(C)CCS(C)=O)c1. The molecule has 5 heteroatoms. The maximum atomic E-state index is 12.0. The largest absolute Gasteiger partial charge is 0.398 e. The molecule has 0 radical (unpaired) electrons. The fourth-order valence-electron chi connectivity index (χ4n) is 1.58. The first-order valence-electron chi connectivity index (χ1n) is 5.87. The second kappa shape index (κ2) is 6.54. The van der Waals surface area contributed by atoms with Gasteiger partial charge in [0.05, 0.1) is 5.56 Å². The Morgan fingerprint density at radius 1 is 1.50 bits per heavy atom. The number of amides is 1. The smallest absolute Gasteiger partial charge is 0.253 e. The second-order valence-electron chi connectivity index (χ2n) is 4.53. The third-order valence-corrected chi connectivity index (χ3v) is 3.48. The van der Waals surface area contributed by atoms with Gasteiger partial charge in [0, 0.05) is 34.5 Å². The summed E-state index contributed by atoms with van der Waals surface area (Å²) in [7, 11) is -0.830. The van der Waals surface area contributed by atoms with Crippen LogP contribution in [0.5, 0.6) is 0 Å². The van der Waals surface area contributed by atoms with Crippen molar-refractivity contribution >= 4 is 22.4 Å². The van der Waals surface area contributed by atoms with Gasteiger partial charge in [-0.1, -0.05) is 11.6 Å². The Morgan fingerprint density at radius 2 is 2.17 bits per heavy atom. The molecule has 3 N–H and O–H groups in total. The van der Waals surface area contributed by atoms with E-state index in [2.05, 4.69) is 5.32 Å². The molecule has 1 aromatic rings. The lowest BCUT2D eigenvalue weighted by Crippen LogP contribution is -2.34. The van der Waals surface area contributed by atoms with Gasteiger partial charge >= 0.3 is 0 Å². The van der Waals surface area contributed by atoms with Gasteiger partial charge < -0.3 is 11.1 Å². The minimum absolute atomic E-state index is 0.0127. The molecule has 18 heavy (non-hydrogen) atoms. The Balaban J connectivity index is 2.64. The molecule has 0 aliphatic carbocycles. The first-order chi connectivity index (χ1) is 8.40. The molecule has 0 saturated carbocycles. The molecule has 100 valence electrons. The van der Waals surface area contributed by atoms with Gasteiger partial charge in [-0.05, 0) is 32.4 Å². The van der Waals surface area contributed by atoms with Crippen molar-refractivity contribution in [2.75, 3.05) is 17.7 Å². The number of benzene rings is 1. The van der Waals surface area contributed by atoms with Gasteiger partial charge in [0.15, 0.2) is 0 Å². The normalized spacial score (nSPS) is 13.9. The number of aryl methyl sites for hydroxylation is 1. The number of anilines is 1. The third-order valence-electron chi connectivity index (χ3n) is 2.67. The summed E-state index contributed by atoms with van der Waals surface area (Å²) in [6.45, 7) is 3.82. The predicted octanol–water partition coefficient (Wildman–Crippen LogP) is 1.46. The Bertz CT molecular complexity index is 460. The summed E-state index contributed by atoms with van der Waals surface area (Å²) >= 11 is 0. The summed E-state index contributed by atoms with van der Waals surface area (Å²) < 4.78 is 11.0. The summed E-state index contributed by atoms with van der Waals surface area (Å²) in [6, 6.07) is 5.36. The van der Waals surface area contributed by atoms with E-state index in [-0.39, 0.29) is 11.9 Å². The van der Waals surface area contributed by atoms with E-state index < -0.39 is 10.8 Å². The monoisotopic (exact) mass is 268 g/mol. The van der Waals surface area contributed by atoms with Gasteiger partial charge in [-0.3, -0.25) is 9.00 Å². The van der Waals surface area contributed by atoms with Crippen molar-refractivity contribution in [3.05, 3.63) is 29.3 Å². The van der Waals surface area contributed by atoms with Gasteiger partial charge in [-0.25, -0.2) is 0 Å². The maximum absolute atomic E-state index is 12.0. The van der Waals surface area contributed by atoms with Crippen molar-refractivity contribution in [2.24, 2.45) is 0 Å². The van der Waals surface area contributed by atoms with Crippen LogP contribution in [-0.4, -0.2) is 28.2 Å². The minimum Gasteiger partial charge on any atom is -0.398 e. The molecular formula is C13H20N2O2S. The highest BCUT2D eigenvalue weighted by molar-refractivity contribution is 7.84. The fourth-order valence-corrected chi connectivity index (χ4v) is 2.27. The molecule has 0 spiro atoms. The average Bonchev–Trinajstić information content (AvgIpc) is 2.29. The van der Waals surface area contributed by atoms with E-state index in [1.165, 1.54) is 0 Å². The zero-order chi connectivity index (χ0) is 13.7. The number of hydrogen-bond donors (Lipinski definition) is 2. The van der Waals surface area contributed by atoms with Crippen LogP contribution in [0.25, 0.3) is 0 Å². The van der Waals surface area contributed by atoms with E-state index in [9.17, 15) is 9.00 Å². The topological polar surface area (TPSA) is 72.2 Å². The van der Waals surface area contributed by atoms with Crippen LogP contribution in [0.4, 0.5) is 5.69 Å². The Hall–Kier alpha value is -1.36. The molecule has 0 fully saturated rings. The van der Waals surface area contributed by atoms with Crippen molar-refractivity contribution in [3.63, 3.8) is 0 Å². The van der Waals surface area contributed by atoms with Gasteiger partial charge in [-0.2, -0.15) is 0 Å². The van der Waals surface area contributed by atoms with Crippen molar-refractivity contribution in [2.45, 2.75) is 26.3 Å². The quantitative estimate of drug-likeness (QED) is 0.794. The van der Waals surface area contributed by atoms with E-state index in [4.69, 9.17) is 5.73 Å². The number of rotatable bonds is 5. The van der Waals surface area contributed by atoms with Crippen LogP contribution in [0.15, 0.2) is 18.2 Å². The van der Waals surface area contributed by atoms with Crippen molar-refractivity contribution < 1.29 is 9.00 Å². The van der Waals surface area contributed by atoms with Crippen molar-refractivity contribution in [3.8, 4) is 0 Å². The lowest BCUT2D eigenvalue weighted by Gasteiger charge is -2.14. The van der Waals surface area contributed by atoms with E-state index in [0.717, 1.165) is 5.56 Å². The highest BCUT2D eigenvalue weighted by Crippen LogP contribution is 2.13. The number of carbonyl (C=O) groups is 1. The first kappa shape index (κ1) is 14.7. The average molecular weight is 268 g/mol. The summed E-state index contributed by atoms with van der Waals surface area (Å²) in [5.41, 5.74) is 7.75. The van der Waals surface area contributed by atoms with Gasteiger partial charge in [-0.15, -0.1) is 0 Å². The van der Waals surface area contributed by atoms with E-state index >= 15 is 0 Å². The van der Waals surface area contributed by atoms with Crippen molar-refractivity contribution in [1.29, 1.82) is 0 Å². The Kier molecular flexibility index (Phi) is 5.34. The summed E-state index contributed by atoms with van der Waals surface area (Å²) in [4.78, 5) is 12.0. The molecule has 1 amide bonds. The summed E-state index contributed by atoms with van der Waals surface area (Å²) in [6.07, 6.45) is 2.35. The van der Waals surface area contributed by atoms with E-state index in [0.29, 0.717) is 23.4 Å². The molecule has 0 bridgehead atoms. The lowest BCUT2D eigenvalue weighted by atomic mass is 10.1.